The summed E-state index contributed by atoms with van der Waals surface area (Å²) in [5.41, 5.74) is 5.71. The second-order valence-corrected chi connectivity index (χ2v) is 6.43. The zero-order valence-corrected chi connectivity index (χ0v) is 16.3. The van der Waals surface area contributed by atoms with Gasteiger partial charge in [0, 0.05) is 25.4 Å². The third-order valence-electron chi connectivity index (χ3n) is 4.01. The summed E-state index contributed by atoms with van der Waals surface area (Å²) in [7, 11) is 0. The van der Waals surface area contributed by atoms with Gasteiger partial charge >= 0.3 is 0 Å². The first-order valence-corrected chi connectivity index (χ1v) is 8.59. The van der Waals surface area contributed by atoms with Gasteiger partial charge in [0.1, 0.15) is 6.54 Å². The van der Waals surface area contributed by atoms with Gasteiger partial charge in [0.05, 0.1) is 25.8 Å². The van der Waals surface area contributed by atoms with E-state index in [0.717, 1.165) is 0 Å². The monoisotopic (exact) mass is 402 g/mol. The van der Waals surface area contributed by atoms with Crippen LogP contribution in [0.25, 0.3) is 0 Å². The van der Waals surface area contributed by atoms with Crippen LogP contribution < -0.4 is 16.4 Å². The fourth-order valence-corrected chi connectivity index (χ4v) is 2.34. The van der Waals surface area contributed by atoms with E-state index < -0.39 is 11.9 Å². The molecule has 0 bridgehead atoms. The summed E-state index contributed by atoms with van der Waals surface area (Å²) in [5.74, 6) is -0.551. The minimum atomic E-state index is -0.659. The Hall–Kier alpha value is -2.17. The van der Waals surface area contributed by atoms with E-state index >= 15 is 0 Å². The molecule has 1 aliphatic heterocycles. The van der Waals surface area contributed by atoms with Gasteiger partial charge in [-0.2, -0.15) is 5.10 Å². The molecule has 152 valence electrons. The lowest BCUT2D eigenvalue weighted by molar-refractivity contribution is -0.136. The standard InChI is InChI=1S/C16H26N6O4.ClH/c1-11(2)15(17)16(25)18-9-13(23)19-12-3-4-22(20-12)10-14(24)21-5-7-26-8-6-21;/h3-4,11,15H,5-10,17H2,1-2H3,(H,18,25)(H,19,20,23);1H/t15-;/m0./s1. The lowest BCUT2D eigenvalue weighted by Crippen LogP contribution is -2.46. The second kappa shape index (κ2) is 10.9. The Morgan fingerprint density at radius 2 is 1.96 bits per heavy atom. The molecule has 2 rings (SSSR count). The van der Waals surface area contributed by atoms with E-state index in [9.17, 15) is 14.4 Å². The van der Waals surface area contributed by atoms with Gasteiger partial charge in [0.15, 0.2) is 5.82 Å². The first-order chi connectivity index (χ1) is 12.4. The van der Waals surface area contributed by atoms with Gasteiger partial charge in [-0.3, -0.25) is 19.1 Å². The molecule has 4 N–H and O–H groups in total. The van der Waals surface area contributed by atoms with Gasteiger partial charge in [-0.1, -0.05) is 13.8 Å². The highest BCUT2D eigenvalue weighted by atomic mass is 35.5. The van der Waals surface area contributed by atoms with Gasteiger partial charge in [0.25, 0.3) is 0 Å². The van der Waals surface area contributed by atoms with Gasteiger partial charge in [-0.25, -0.2) is 0 Å². The molecule has 1 fully saturated rings. The molecule has 1 aromatic heterocycles. The number of carbonyl (C=O) groups excluding carboxylic acids is 3. The van der Waals surface area contributed by atoms with E-state index in [2.05, 4.69) is 15.7 Å². The van der Waals surface area contributed by atoms with Crippen molar-refractivity contribution in [1.82, 2.24) is 20.0 Å². The Balaban J connectivity index is 0.00000364. The van der Waals surface area contributed by atoms with Crippen LogP contribution in [-0.4, -0.2) is 71.3 Å². The fourth-order valence-electron chi connectivity index (χ4n) is 2.34. The van der Waals surface area contributed by atoms with E-state index in [4.69, 9.17) is 10.5 Å². The van der Waals surface area contributed by atoms with Crippen molar-refractivity contribution in [2.75, 3.05) is 38.2 Å². The molecule has 1 aliphatic rings. The van der Waals surface area contributed by atoms with Crippen molar-refractivity contribution in [3.8, 4) is 0 Å². The molecule has 1 aromatic rings. The largest absolute Gasteiger partial charge is 0.378 e. The zero-order chi connectivity index (χ0) is 19.1. The van der Waals surface area contributed by atoms with E-state index in [1.807, 2.05) is 13.8 Å². The molecule has 3 amide bonds. The van der Waals surface area contributed by atoms with Crippen LogP contribution in [0.15, 0.2) is 12.3 Å². The smallest absolute Gasteiger partial charge is 0.244 e. The maximum absolute atomic E-state index is 12.2. The average molecular weight is 403 g/mol. The zero-order valence-electron chi connectivity index (χ0n) is 15.5. The van der Waals surface area contributed by atoms with Crippen molar-refractivity contribution in [2.45, 2.75) is 26.4 Å². The van der Waals surface area contributed by atoms with Crippen LogP contribution in [-0.2, 0) is 25.7 Å². The van der Waals surface area contributed by atoms with E-state index in [0.29, 0.717) is 32.1 Å². The lowest BCUT2D eigenvalue weighted by atomic mass is 10.1. The number of ether oxygens (including phenoxy) is 1. The van der Waals surface area contributed by atoms with Crippen LogP contribution >= 0.6 is 12.4 Å². The molecule has 0 radical (unpaired) electrons. The predicted octanol–water partition coefficient (Wildman–Crippen LogP) is -0.798. The first kappa shape index (κ1) is 22.9. The molecular formula is C16H27ClN6O4. The molecule has 0 aliphatic carbocycles. The van der Waals surface area contributed by atoms with Crippen molar-refractivity contribution in [3.63, 3.8) is 0 Å². The number of carbonyl (C=O) groups is 3. The van der Waals surface area contributed by atoms with Crippen molar-refractivity contribution in [3.05, 3.63) is 12.3 Å². The molecule has 0 saturated carbocycles. The second-order valence-electron chi connectivity index (χ2n) is 6.43. The highest BCUT2D eigenvalue weighted by Crippen LogP contribution is 2.04. The highest BCUT2D eigenvalue weighted by molar-refractivity contribution is 5.94. The van der Waals surface area contributed by atoms with Crippen molar-refractivity contribution < 1.29 is 19.1 Å². The summed E-state index contributed by atoms with van der Waals surface area (Å²) in [6.45, 7) is 5.78. The molecule has 0 spiro atoms. The van der Waals surface area contributed by atoms with Crippen molar-refractivity contribution in [2.24, 2.45) is 11.7 Å². The van der Waals surface area contributed by atoms with Gasteiger partial charge < -0.3 is 26.0 Å². The van der Waals surface area contributed by atoms with Crippen LogP contribution in [0.3, 0.4) is 0 Å². The number of hydrogen-bond donors (Lipinski definition) is 3. The average Bonchev–Trinajstić information content (AvgIpc) is 3.06. The van der Waals surface area contributed by atoms with Crippen molar-refractivity contribution >= 4 is 35.9 Å². The Labute approximate surface area is 164 Å². The summed E-state index contributed by atoms with van der Waals surface area (Å²) in [6.07, 6.45) is 1.61. The third kappa shape index (κ3) is 7.16. The number of rotatable bonds is 7. The minimum Gasteiger partial charge on any atom is -0.378 e. The molecule has 2 heterocycles. The van der Waals surface area contributed by atoms with Crippen LogP contribution in [0.1, 0.15) is 13.8 Å². The summed E-state index contributed by atoms with van der Waals surface area (Å²) in [4.78, 5) is 37.5. The SMILES string of the molecule is CC(C)[C@H](N)C(=O)NCC(=O)Nc1ccn(CC(=O)N2CCOCC2)n1.Cl. The first-order valence-electron chi connectivity index (χ1n) is 8.59. The highest BCUT2D eigenvalue weighted by Gasteiger charge is 2.19. The topological polar surface area (TPSA) is 132 Å². The van der Waals surface area contributed by atoms with E-state index in [-0.39, 0.29) is 43.2 Å². The minimum absolute atomic E-state index is 0. The normalized spacial score (nSPS) is 15.0. The number of aromatic nitrogens is 2. The number of morpholine rings is 1. The summed E-state index contributed by atoms with van der Waals surface area (Å²) in [5, 5.41) is 9.19. The molecule has 11 heteroatoms. The molecular weight excluding hydrogens is 376 g/mol. The number of hydrogen-bond acceptors (Lipinski definition) is 6. The van der Waals surface area contributed by atoms with Gasteiger partial charge in [0.2, 0.25) is 17.7 Å². The van der Waals surface area contributed by atoms with Crippen LogP contribution in [0, 0.1) is 5.92 Å². The van der Waals surface area contributed by atoms with Crippen LogP contribution in [0.2, 0.25) is 0 Å². The predicted molar refractivity (Wildman–Crippen MR) is 101 cm³/mol. The Kier molecular flexibility index (Phi) is 9.19. The summed E-state index contributed by atoms with van der Waals surface area (Å²) in [6, 6.07) is 0.930. The number of nitrogens with one attached hydrogen (secondary N) is 2. The maximum Gasteiger partial charge on any atom is 0.244 e. The molecule has 0 unspecified atom stereocenters. The lowest BCUT2D eigenvalue weighted by Gasteiger charge is -2.26. The van der Waals surface area contributed by atoms with E-state index in [1.54, 1.807) is 17.2 Å². The van der Waals surface area contributed by atoms with Gasteiger partial charge in [-0.05, 0) is 5.92 Å². The quantitative estimate of drug-likeness (QED) is 0.547. The Morgan fingerprint density at radius 3 is 2.59 bits per heavy atom. The number of nitrogens with zero attached hydrogens (tertiary/aromatic N) is 3. The molecule has 27 heavy (non-hydrogen) atoms. The number of anilines is 1. The van der Waals surface area contributed by atoms with Gasteiger partial charge in [-0.15, -0.1) is 12.4 Å². The number of nitrogens with two attached hydrogens (primary N) is 1. The number of amides is 3. The number of halogens is 1. The van der Waals surface area contributed by atoms with E-state index in [1.165, 1.54) is 4.68 Å². The Morgan fingerprint density at radius 1 is 1.30 bits per heavy atom. The van der Waals surface area contributed by atoms with Crippen LogP contribution in [0.4, 0.5) is 5.82 Å². The molecule has 1 atom stereocenters. The molecule has 0 aromatic carbocycles. The maximum atomic E-state index is 12.2. The summed E-state index contributed by atoms with van der Waals surface area (Å²) < 4.78 is 6.67. The molecule has 10 nitrogen and oxygen atoms in total. The Bertz CT molecular complexity index is 645. The molecule has 1 saturated heterocycles. The third-order valence-corrected chi connectivity index (χ3v) is 4.01. The fraction of sp³-hybridized carbons (Fsp3) is 0.625. The summed E-state index contributed by atoms with van der Waals surface area (Å²) >= 11 is 0. The van der Waals surface area contributed by atoms with Crippen LogP contribution in [0.5, 0.6) is 0 Å². The van der Waals surface area contributed by atoms with Crippen molar-refractivity contribution in [1.29, 1.82) is 0 Å².